The van der Waals surface area contributed by atoms with Crippen LogP contribution in [-0.2, 0) is 16.6 Å². The lowest BCUT2D eigenvalue weighted by Gasteiger charge is -2.32. The van der Waals surface area contributed by atoms with E-state index < -0.39 is 11.4 Å². The van der Waals surface area contributed by atoms with E-state index in [-0.39, 0.29) is 0 Å². The van der Waals surface area contributed by atoms with Crippen molar-refractivity contribution >= 4 is 5.97 Å². The number of aryl methyl sites for hydroxylation is 1. The molecule has 0 bridgehead atoms. The Bertz CT molecular complexity index is 638. The summed E-state index contributed by atoms with van der Waals surface area (Å²) >= 11 is 0. The quantitative estimate of drug-likeness (QED) is 0.698. The number of carboxylic acid groups (broad SMARTS) is 1. The minimum atomic E-state index is -0.848. The molecule has 0 aliphatic rings. The molecular weight excluding hydrogens is 310 g/mol. The molecule has 2 rings (SSSR count). The molecular formula is C22H29NO2. The SMILES string of the molecule is CCN(CC)CCC(CCc1ccccc1)(C(=O)O)c1ccccc1. The number of hydrogen-bond acceptors (Lipinski definition) is 2. The van der Waals surface area contributed by atoms with E-state index in [0.717, 1.165) is 31.6 Å². The zero-order valence-corrected chi connectivity index (χ0v) is 15.3. The Morgan fingerprint density at radius 2 is 1.48 bits per heavy atom. The molecule has 134 valence electrons. The van der Waals surface area contributed by atoms with Crippen molar-refractivity contribution in [2.75, 3.05) is 19.6 Å². The molecule has 2 aromatic carbocycles. The van der Waals surface area contributed by atoms with Crippen LogP contribution in [0.1, 0.15) is 37.8 Å². The van der Waals surface area contributed by atoms with Gasteiger partial charge in [0, 0.05) is 0 Å². The summed E-state index contributed by atoms with van der Waals surface area (Å²) < 4.78 is 0. The number of hydrogen-bond donors (Lipinski definition) is 1. The van der Waals surface area contributed by atoms with Crippen molar-refractivity contribution in [3.8, 4) is 0 Å². The fraction of sp³-hybridized carbons (Fsp3) is 0.409. The van der Waals surface area contributed by atoms with Crippen LogP contribution in [0.15, 0.2) is 60.7 Å². The Morgan fingerprint density at radius 1 is 0.920 bits per heavy atom. The van der Waals surface area contributed by atoms with Crippen molar-refractivity contribution in [2.45, 2.75) is 38.5 Å². The first-order valence-corrected chi connectivity index (χ1v) is 9.17. The molecule has 1 N–H and O–H groups in total. The Kier molecular flexibility index (Phi) is 7.20. The van der Waals surface area contributed by atoms with Gasteiger partial charge < -0.3 is 10.0 Å². The molecule has 3 heteroatoms. The highest BCUT2D eigenvalue weighted by molar-refractivity contribution is 5.81. The van der Waals surface area contributed by atoms with Crippen LogP contribution in [0.4, 0.5) is 0 Å². The van der Waals surface area contributed by atoms with Gasteiger partial charge >= 0.3 is 5.97 Å². The summed E-state index contributed by atoms with van der Waals surface area (Å²) in [6.45, 7) is 6.93. The van der Waals surface area contributed by atoms with Gasteiger partial charge in [-0.05, 0) is 50.0 Å². The zero-order chi connectivity index (χ0) is 18.1. The number of aliphatic carboxylic acids is 1. The van der Waals surface area contributed by atoms with E-state index in [4.69, 9.17) is 0 Å². The largest absolute Gasteiger partial charge is 0.481 e. The van der Waals surface area contributed by atoms with E-state index in [2.05, 4.69) is 30.9 Å². The van der Waals surface area contributed by atoms with Gasteiger partial charge in [-0.25, -0.2) is 0 Å². The van der Waals surface area contributed by atoms with Gasteiger partial charge in [-0.15, -0.1) is 0 Å². The van der Waals surface area contributed by atoms with E-state index in [1.165, 1.54) is 5.56 Å². The van der Waals surface area contributed by atoms with Crippen LogP contribution in [0.3, 0.4) is 0 Å². The molecule has 25 heavy (non-hydrogen) atoms. The predicted molar refractivity (Wildman–Crippen MR) is 103 cm³/mol. The summed E-state index contributed by atoms with van der Waals surface area (Å²) in [7, 11) is 0. The van der Waals surface area contributed by atoms with Crippen LogP contribution in [0, 0.1) is 0 Å². The van der Waals surface area contributed by atoms with Gasteiger partial charge in [0.1, 0.15) is 0 Å². The maximum Gasteiger partial charge on any atom is 0.314 e. The fourth-order valence-electron chi connectivity index (χ4n) is 3.40. The lowest BCUT2D eigenvalue weighted by molar-refractivity contribution is -0.144. The summed E-state index contributed by atoms with van der Waals surface area (Å²) in [6.07, 6.45) is 2.00. The molecule has 0 saturated heterocycles. The summed E-state index contributed by atoms with van der Waals surface area (Å²) in [5.41, 5.74) is 1.25. The summed E-state index contributed by atoms with van der Waals surface area (Å²) in [5.74, 6) is -0.721. The molecule has 0 amide bonds. The Balaban J connectivity index is 2.28. The minimum Gasteiger partial charge on any atom is -0.481 e. The Morgan fingerprint density at radius 3 is 2.00 bits per heavy atom. The second kappa shape index (κ2) is 9.38. The van der Waals surface area contributed by atoms with Crippen LogP contribution in [0.25, 0.3) is 0 Å². The highest BCUT2D eigenvalue weighted by atomic mass is 16.4. The monoisotopic (exact) mass is 339 g/mol. The fourth-order valence-corrected chi connectivity index (χ4v) is 3.40. The standard InChI is InChI=1S/C22H29NO2/c1-3-23(4-2)18-17-22(21(24)25,20-13-9-6-10-14-20)16-15-19-11-7-5-8-12-19/h5-14H,3-4,15-18H2,1-2H3,(H,24,25). The molecule has 0 fully saturated rings. The third-order valence-corrected chi connectivity index (χ3v) is 5.17. The lowest BCUT2D eigenvalue weighted by atomic mass is 9.73. The molecule has 0 spiro atoms. The third kappa shape index (κ3) is 4.93. The van der Waals surface area contributed by atoms with Crippen molar-refractivity contribution in [1.29, 1.82) is 0 Å². The van der Waals surface area contributed by atoms with E-state index in [0.29, 0.717) is 12.8 Å². The van der Waals surface area contributed by atoms with Crippen molar-refractivity contribution in [3.63, 3.8) is 0 Å². The third-order valence-electron chi connectivity index (χ3n) is 5.17. The number of nitrogens with zero attached hydrogens (tertiary/aromatic N) is 1. The van der Waals surface area contributed by atoms with Gasteiger partial charge in [0.2, 0.25) is 0 Å². The van der Waals surface area contributed by atoms with Crippen LogP contribution in [-0.4, -0.2) is 35.6 Å². The predicted octanol–water partition coefficient (Wildman–Crippen LogP) is 4.37. The molecule has 0 heterocycles. The van der Waals surface area contributed by atoms with E-state index in [9.17, 15) is 9.90 Å². The highest BCUT2D eigenvalue weighted by Crippen LogP contribution is 2.34. The molecule has 3 nitrogen and oxygen atoms in total. The van der Waals surface area contributed by atoms with Crippen LogP contribution in [0.2, 0.25) is 0 Å². The van der Waals surface area contributed by atoms with Crippen molar-refractivity contribution < 1.29 is 9.90 Å². The molecule has 0 aromatic heterocycles. The molecule has 1 atom stereocenters. The number of carbonyl (C=O) groups is 1. The van der Waals surface area contributed by atoms with Crippen molar-refractivity contribution in [3.05, 3.63) is 71.8 Å². The normalized spacial score (nSPS) is 13.6. The van der Waals surface area contributed by atoms with Crippen LogP contribution < -0.4 is 0 Å². The summed E-state index contributed by atoms with van der Waals surface area (Å²) in [4.78, 5) is 14.7. The smallest absolute Gasteiger partial charge is 0.314 e. The molecule has 0 aliphatic heterocycles. The first-order valence-electron chi connectivity index (χ1n) is 9.17. The van der Waals surface area contributed by atoms with Gasteiger partial charge in [-0.2, -0.15) is 0 Å². The van der Waals surface area contributed by atoms with Gasteiger partial charge in [-0.3, -0.25) is 4.79 Å². The number of rotatable bonds is 10. The highest BCUT2D eigenvalue weighted by Gasteiger charge is 2.39. The average Bonchev–Trinajstić information content (AvgIpc) is 2.66. The van der Waals surface area contributed by atoms with E-state index in [1.807, 2.05) is 48.5 Å². The topological polar surface area (TPSA) is 40.5 Å². The van der Waals surface area contributed by atoms with E-state index in [1.54, 1.807) is 0 Å². The average molecular weight is 339 g/mol. The maximum absolute atomic E-state index is 12.4. The molecule has 0 aliphatic carbocycles. The van der Waals surface area contributed by atoms with Crippen molar-refractivity contribution in [1.82, 2.24) is 4.90 Å². The Hall–Kier alpha value is -2.13. The molecule has 2 aromatic rings. The second-order valence-corrected chi connectivity index (χ2v) is 6.52. The maximum atomic E-state index is 12.4. The van der Waals surface area contributed by atoms with Gasteiger partial charge in [0.15, 0.2) is 0 Å². The summed E-state index contributed by atoms with van der Waals surface area (Å²) in [5, 5.41) is 10.2. The lowest BCUT2D eigenvalue weighted by Crippen LogP contribution is -2.40. The van der Waals surface area contributed by atoms with Gasteiger partial charge in [-0.1, -0.05) is 74.5 Å². The van der Waals surface area contributed by atoms with Crippen LogP contribution >= 0.6 is 0 Å². The minimum absolute atomic E-state index is 0.609. The van der Waals surface area contributed by atoms with Gasteiger partial charge in [0.05, 0.1) is 5.41 Å². The summed E-state index contributed by atoms with van der Waals surface area (Å²) in [6, 6.07) is 19.9. The Labute approximate surface area is 151 Å². The number of benzene rings is 2. The van der Waals surface area contributed by atoms with Crippen molar-refractivity contribution in [2.24, 2.45) is 0 Å². The first kappa shape index (κ1) is 19.2. The number of carboxylic acids is 1. The van der Waals surface area contributed by atoms with Crippen LogP contribution in [0.5, 0.6) is 0 Å². The second-order valence-electron chi connectivity index (χ2n) is 6.52. The van der Waals surface area contributed by atoms with E-state index >= 15 is 0 Å². The zero-order valence-electron chi connectivity index (χ0n) is 15.3. The molecule has 1 unspecified atom stereocenters. The van der Waals surface area contributed by atoms with Gasteiger partial charge in [0.25, 0.3) is 0 Å². The molecule has 0 radical (unpaired) electrons. The molecule has 0 saturated carbocycles. The first-order chi connectivity index (χ1) is 12.1.